The van der Waals surface area contributed by atoms with Gasteiger partial charge in [-0.3, -0.25) is 19.1 Å². The average Bonchev–Trinajstić information content (AvgIpc) is 3.39. The van der Waals surface area contributed by atoms with Crippen LogP contribution < -0.4 is 5.32 Å². The first-order valence-corrected chi connectivity index (χ1v) is 10.7. The van der Waals surface area contributed by atoms with Crippen LogP contribution in [0.25, 0.3) is 16.8 Å². The quantitative estimate of drug-likeness (QED) is 0.474. The standard InChI is InChI=1S/C23H22F2N4O4/c1-13-11-16(14(2)29(13)19-15-5-3-4-6-18(15)33-27-19)17(30)12-28-20(31)22(26-21(28)32)7-9-23(24,25)10-8-22/h3-6,11H,7-10,12H2,1-2H3,(H,26,32). The molecule has 1 aromatic carbocycles. The van der Waals surface area contributed by atoms with Crippen LogP contribution in [0.5, 0.6) is 0 Å². The van der Waals surface area contributed by atoms with E-state index < -0.39 is 48.6 Å². The molecule has 1 saturated carbocycles. The van der Waals surface area contributed by atoms with E-state index in [1.165, 1.54) is 0 Å². The summed E-state index contributed by atoms with van der Waals surface area (Å²) in [6.07, 6.45) is -1.26. The number of hydrogen-bond donors (Lipinski definition) is 1. The molecule has 1 aliphatic heterocycles. The molecule has 5 rings (SSSR count). The number of imide groups is 1. The van der Waals surface area contributed by atoms with Crippen LogP contribution in [0.3, 0.4) is 0 Å². The molecule has 3 amide bonds. The first kappa shape index (κ1) is 21.3. The molecule has 0 bridgehead atoms. The molecular weight excluding hydrogens is 434 g/mol. The summed E-state index contributed by atoms with van der Waals surface area (Å²) in [7, 11) is 0. The van der Waals surface area contributed by atoms with Gasteiger partial charge in [-0.2, -0.15) is 0 Å². The fourth-order valence-corrected chi connectivity index (χ4v) is 4.83. The normalized spacial score (nSPS) is 19.5. The van der Waals surface area contributed by atoms with Crippen LogP contribution in [-0.2, 0) is 4.79 Å². The van der Waals surface area contributed by atoms with Crippen molar-refractivity contribution in [3.05, 3.63) is 47.3 Å². The van der Waals surface area contributed by atoms with Gasteiger partial charge in [-0.25, -0.2) is 13.6 Å². The molecule has 2 fully saturated rings. The smallest absolute Gasteiger partial charge is 0.325 e. The van der Waals surface area contributed by atoms with E-state index >= 15 is 0 Å². The number of aryl methyl sites for hydroxylation is 1. The molecule has 8 nitrogen and oxygen atoms in total. The van der Waals surface area contributed by atoms with Gasteiger partial charge in [0.1, 0.15) is 5.54 Å². The zero-order chi connectivity index (χ0) is 23.5. The maximum Gasteiger partial charge on any atom is 0.325 e. The zero-order valence-corrected chi connectivity index (χ0v) is 18.2. The molecule has 33 heavy (non-hydrogen) atoms. The Bertz CT molecular complexity index is 1300. The highest BCUT2D eigenvalue weighted by Gasteiger charge is 2.55. The van der Waals surface area contributed by atoms with Crippen LogP contribution in [0.15, 0.2) is 34.9 Å². The van der Waals surface area contributed by atoms with Crippen LogP contribution >= 0.6 is 0 Å². The van der Waals surface area contributed by atoms with E-state index in [0.717, 1.165) is 16.0 Å². The molecule has 1 aliphatic carbocycles. The fraction of sp³-hybridized carbons (Fsp3) is 0.391. The molecule has 0 atom stereocenters. The van der Waals surface area contributed by atoms with E-state index in [4.69, 9.17) is 4.52 Å². The van der Waals surface area contributed by atoms with Crippen molar-refractivity contribution < 1.29 is 27.7 Å². The number of Topliss-reactive ketones (excluding diaryl/α,β-unsaturated/α-hetero) is 1. The Labute approximate surface area is 187 Å². The summed E-state index contributed by atoms with van der Waals surface area (Å²) in [6.45, 7) is 3.10. The van der Waals surface area contributed by atoms with E-state index in [-0.39, 0.29) is 12.8 Å². The van der Waals surface area contributed by atoms with Gasteiger partial charge in [0.15, 0.2) is 17.2 Å². The van der Waals surface area contributed by atoms with Gasteiger partial charge < -0.3 is 9.84 Å². The number of ketones is 1. The molecule has 1 N–H and O–H groups in total. The molecular formula is C23H22F2N4O4. The molecule has 1 saturated heterocycles. The lowest BCUT2D eigenvalue weighted by Gasteiger charge is -2.34. The van der Waals surface area contributed by atoms with Crippen LogP contribution in [-0.4, -0.2) is 50.4 Å². The van der Waals surface area contributed by atoms with Crippen molar-refractivity contribution in [1.82, 2.24) is 19.9 Å². The number of benzene rings is 1. The molecule has 172 valence electrons. The van der Waals surface area contributed by atoms with E-state index in [1.54, 1.807) is 23.6 Å². The van der Waals surface area contributed by atoms with E-state index in [2.05, 4.69) is 10.5 Å². The number of carbonyl (C=O) groups is 3. The maximum atomic E-state index is 13.6. The number of aromatic nitrogens is 2. The second-order valence-corrected chi connectivity index (χ2v) is 8.81. The first-order valence-electron chi connectivity index (χ1n) is 10.7. The molecule has 0 unspecified atom stereocenters. The minimum absolute atomic E-state index is 0.150. The van der Waals surface area contributed by atoms with Crippen LogP contribution in [0, 0.1) is 13.8 Å². The number of halogens is 2. The minimum atomic E-state index is -2.84. The third-order valence-electron chi connectivity index (χ3n) is 6.68. The number of nitrogens with one attached hydrogen (secondary N) is 1. The number of fused-ring (bicyclic) bond motifs is 1. The molecule has 1 spiro atoms. The van der Waals surface area contributed by atoms with Crippen LogP contribution in [0.2, 0.25) is 0 Å². The summed E-state index contributed by atoms with van der Waals surface area (Å²) >= 11 is 0. The maximum absolute atomic E-state index is 13.6. The lowest BCUT2D eigenvalue weighted by molar-refractivity contribution is -0.135. The van der Waals surface area contributed by atoms with Gasteiger partial charge in [0.2, 0.25) is 5.92 Å². The molecule has 2 aromatic heterocycles. The van der Waals surface area contributed by atoms with Crippen molar-refractivity contribution >= 4 is 28.7 Å². The summed E-state index contributed by atoms with van der Waals surface area (Å²) in [5.41, 5.74) is 0.927. The predicted molar refractivity (Wildman–Crippen MR) is 114 cm³/mol. The lowest BCUT2D eigenvalue weighted by Crippen LogP contribution is -2.51. The molecule has 10 heteroatoms. The molecule has 3 aromatic rings. The Morgan fingerprint density at radius 1 is 1.15 bits per heavy atom. The first-order chi connectivity index (χ1) is 15.6. The van der Waals surface area contributed by atoms with Gasteiger partial charge in [-0.1, -0.05) is 17.3 Å². The van der Waals surface area contributed by atoms with Gasteiger partial charge in [0, 0.05) is 29.8 Å². The van der Waals surface area contributed by atoms with Gasteiger partial charge in [0.25, 0.3) is 5.91 Å². The average molecular weight is 456 g/mol. The second-order valence-electron chi connectivity index (χ2n) is 8.81. The largest absolute Gasteiger partial charge is 0.354 e. The molecule has 2 aliphatic rings. The Balaban J connectivity index is 1.41. The number of nitrogens with zero attached hydrogens (tertiary/aromatic N) is 3. The van der Waals surface area contributed by atoms with Gasteiger partial charge in [-0.05, 0) is 44.9 Å². The number of hydrogen-bond acceptors (Lipinski definition) is 5. The number of para-hydroxylation sites is 1. The van der Waals surface area contributed by atoms with E-state index in [9.17, 15) is 23.2 Å². The van der Waals surface area contributed by atoms with Gasteiger partial charge in [0.05, 0.1) is 11.9 Å². The van der Waals surface area contributed by atoms with Crippen molar-refractivity contribution in [2.75, 3.05) is 6.54 Å². The van der Waals surface area contributed by atoms with Crippen molar-refractivity contribution in [1.29, 1.82) is 0 Å². The van der Waals surface area contributed by atoms with Crippen molar-refractivity contribution in [2.45, 2.75) is 51.0 Å². The summed E-state index contributed by atoms with van der Waals surface area (Å²) in [4.78, 5) is 39.5. The highest BCUT2D eigenvalue weighted by Crippen LogP contribution is 2.41. The Kier molecular flexibility index (Phi) is 4.66. The minimum Gasteiger partial charge on any atom is -0.354 e. The Morgan fingerprint density at radius 2 is 1.85 bits per heavy atom. The van der Waals surface area contributed by atoms with E-state index in [0.29, 0.717) is 22.7 Å². The summed E-state index contributed by atoms with van der Waals surface area (Å²) in [5.74, 6) is -3.35. The van der Waals surface area contributed by atoms with Gasteiger partial charge >= 0.3 is 6.03 Å². The van der Waals surface area contributed by atoms with Crippen molar-refractivity contribution in [3.8, 4) is 5.82 Å². The summed E-state index contributed by atoms with van der Waals surface area (Å²) in [6, 6.07) is 8.30. The predicted octanol–water partition coefficient (Wildman–Crippen LogP) is 3.92. The SMILES string of the molecule is Cc1cc(C(=O)CN2C(=O)NC3(CCC(F)(F)CC3)C2=O)c(C)n1-c1noc2ccccc12. The van der Waals surface area contributed by atoms with Crippen LogP contribution in [0.1, 0.15) is 47.4 Å². The Hall–Kier alpha value is -3.56. The molecule has 0 radical (unpaired) electrons. The summed E-state index contributed by atoms with van der Waals surface area (Å²) in [5, 5.41) is 7.49. The number of alkyl halides is 2. The Morgan fingerprint density at radius 3 is 2.58 bits per heavy atom. The third-order valence-corrected chi connectivity index (χ3v) is 6.68. The lowest BCUT2D eigenvalue weighted by atomic mass is 9.80. The van der Waals surface area contributed by atoms with Crippen molar-refractivity contribution in [2.24, 2.45) is 0 Å². The second kappa shape index (κ2) is 7.23. The monoisotopic (exact) mass is 456 g/mol. The third kappa shape index (κ3) is 3.32. The highest BCUT2D eigenvalue weighted by atomic mass is 19.3. The number of rotatable bonds is 4. The van der Waals surface area contributed by atoms with Gasteiger partial charge in [-0.15, -0.1) is 0 Å². The zero-order valence-electron chi connectivity index (χ0n) is 18.2. The van der Waals surface area contributed by atoms with Crippen LogP contribution in [0.4, 0.5) is 13.6 Å². The topological polar surface area (TPSA) is 97.4 Å². The summed E-state index contributed by atoms with van der Waals surface area (Å²) < 4.78 is 34.3. The fourth-order valence-electron chi connectivity index (χ4n) is 4.83. The van der Waals surface area contributed by atoms with Crippen molar-refractivity contribution in [3.63, 3.8) is 0 Å². The number of carbonyl (C=O) groups excluding carboxylic acids is 3. The highest BCUT2D eigenvalue weighted by molar-refractivity contribution is 6.11. The number of urea groups is 1. The molecule has 3 heterocycles. The number of amides is 3. The van der Waals surface area contributed by atoms with E-state index in [1.807, 2.05) is 25.1 Å².